The van der Waals surface area contributed by atoms with Crippen LogP contribution < -0.4 is 20.1 Å². The number of rotatable bonds is 7. The predicted octanol–water partition coefficient (Wildman–Crippen LogP) is 0.417. The fourth-order valence-corrected chi connectivity index (χ4v) is 5.09. The van der Waals surface area contributed by atoms with Gasteiger partial charge in [0.25, 0.3) is 11.5 Å². The van der Waals surface area contributed by atoms with Crippen LogP contribution in [0, 0.1) is 18.3 Å². The third-order valence-electron chi connectivity index (χ3n) is 4.62. The van der Waals surface area contributed by atoms with Crippen LogP contribution >= 0.6 is 22.7 Å². The van der Waals surface area contributed by atoms with E-state index in [1.54, 1.807) is 23.5 Å². The number of carbonyl (C=O) groups excluding carboxylic acids is 1. The van der Waals surface area contributed by atoms with E-state index in [1.807, 2.05) is 25.1 Å². The molecule has 7 nitrogen and oxygen atoms in total. The molecular weight excluding hydrogens is 420 g/mol. The number of amides is 1. The van der Waals surface area contributed by atoms with Crippen molar-refractivity contribution in [3.8, 4) is 6.07 Å². The van der Waals surface area contributed by atoms with E-state index in [0.29, 0.717) is 35.5 Å². The summed E-state index contributed by atoms with van der Waals surface area (Å²) in [5.41, 5.74) is -0.280. The number of nitriles is 1. The molecule has 2 aromatic heterocycles. The van der Waals surface area contributed by atoms with Gasteiger partial charge in [0.2, 0.25) is 0 Å². The zero-order valence-electron chi connectivity index (χ0n) is 16.8. The van der Waals surface area contributed by atoms with Crippen molar-refractivity contribution in [1.82, 2.24) is 14.8 Å². The van der Waals surface area contributed by atoms with Crippen molar-refractivity contribution in [1.29, 1.82) is 5.26 Å². The molecule has 0 spiro atoms. The molecule has 1 aliphatic heterocycles. The molecule has 9 heteroatoms. The van der Waals surface area contributed by atoms with Crippen LogP contribution in [0.15, 0.2) is 29.6 Å². The summed E-state index contributed by atoms with van der Waals surface area (Å²) < 4.78 is 7.59. The van der Waals surface area contributed by atoms with Gasteiger partial charge in [-0.25, -0.2) is 0 Å². The highest BCUT2D eigenvalue weighted by Gasteiger charge is 2.16. The standard InChI is InChI=1S/C21H24N4O3S2/c1-3-7-25-20(27)18(13-16-5-4-15(2)29-16)30-21(25)17(14-22)19(26)23-6-8-24-9-11-28-12-10-24/h3-5,13H,1,6-12H2,2H3,(H,23,26)/b18-13-,21-17-. The fourth-order valence-electron chi connectivity index (χ4n) is 3.10. The second kappa shape index (κ2) is 10.5. The van der Waals surface area contributed by atoms with Gasteiger partial charge in [-0.3, -0.25) is 19.1 Å². The minimum atomic E-state index is -0.469. The van der Waals surface area contributed by atoms with Gasteiger partial charge in [0.15, 0.2) is 5.57 Å². The highest BCUT2D eigenvalue weighted by molar-refractivity contribution is 7.13. The van der Waals surface area contributed by atoms with Gasteiger partial charge in [-0.1, -0.05) is 6.08 Å². The van der Waals surface area contributed by atoms with Crippen LogP contribution in [0.3, 0.4) is 0 Å². The Balaban J connectivity index is 1.90. The average molecular weight is 445 g/mol. The zero-order valence-corrected chi connectivity index (χ0v) is 18.5. The van der Waals surface area contributed by atoms with E-state index in [2.05, 4.69) is 16.8 Å². The number of morpholine rings is 1. The number of aryl methyl sites for hydroxylation is 1. The zero-order chi connectivity index (χ0) is 21.5. The number of thiazole rings is 1. The topological polar surface area (TPSA) is 87.4 Å². The predicted molar refractivity (Wildman–Crippen MR) is 120 cm³/mol. The lowest BCUT2D eigenvalue weighted by molar-refractivity contribution is -0.115. The monoisotopic (exact) mass is 444 g/mol. The maximum atomic E-state index is 12.9. The molecule has 2 aromatic rings. The number of carbonyl (C=O) groups is 1. The van der Waals surface area contributed by atoms with Crippen LogP contribution in [0.5, 0.6) is 0 Å². The molecule has 158 valence electrons. The summed E-state index contributed by atoms with van der Waals surface area (Å²) in [5, 5.41) is 12.5. The summed E-state index contributed by atoms with van der Waals surface area (Å²) in [4.78, 5) is 29.9. The highest BCUT2D eigenvalue weighted by Crippen LogP contribution is 2.15. The van der Waals surface area contributed by atoms with Crippen molar-refractivity contribution in [3.05, 3.63) is 54.1 Å². The van der Waals surface area contributed by atoms with Gasteiger partial charge >= 0.3 is 0 Å². The van der Waals surface area contributed by atoms with Crippen LogP contribution in [0.1, 0.15) is 9.75 Å². The first-order valence-electron chi connectivity index (χ1n) is 9.65. The van der Waals surface area contributed by atoms with Crippen LogP contribution in [0.4, 0.5) is 0 Å². The number of aromatic nitrogens is 1. The van der Waals surface area contributed by atoms with Gasteiger partial charge in [-0.2, -0.15) is 5.26 Å². The largest absolute Gasteiger partial charge is 0.379 e. The highest BCUT2D eigenvalue weighted by atomic mass is 32.1. The molecule has 0 bridgehead atoms. The molecule has 1 N–H and O–H groups in total. The van der Waals surface area contributed by atoms with E-state index >= 15 is 0 Å². The summed E-state index contributed by atoms with van der Waals surface area (Å²) in [5.74, 6) is -0.469. The van der Waals surface area contributed by atoms with Crippen molar-refractivity contribution in [3.63, 3.8) is 0 Å². The third kappa shape index (κ3) is 5.34. The normalized spacial score (nSPS) is 16.2. The first kappa shape index (κ1) is 22.2. The molecule has 1 saturated heterocycles. The minimum absolute atomic E-state index is 0.0528. The lowest BCUT2D eigenvalue weighted by Gasteiger charge is -2.26. The van der Waals surface area contributed by atoms with E-state index in [-0.39, 0.29) is 17.7 Å². The van der Waals surface area contributed by atoms with Gasteiger partial charge in [-0.05, 0) is 25.1 Å². The summed E-state index contributed by atoms with van der Waals surface area (Å²) in [7, 11) is 0. The summed E-state index contributed by atoms with van der Waals surface area (Å²) in [6.45, 7) is 10.1. The molecule has 1 aliphatic rings. The summed E-state index contributed by atoms with van der Waals surface area (Å²) in [6, 6.07) is 5.93. The smallest absolute Gasteiger partial charge is 0.269 e. The summed E-state index contributed by atoms with van der Waals surface area (Å²) >= 11 is 2.74. The molecule has 0 unspecified atom stereocenters. The quantitative estimate of drug-likeness (QED) is 0.626. The lowest BCUT2D eigenvalue weighted by Crippen LogP contribution is -2.42. The molecule has 1 fully saturated rings. The SMILES string of the molecule is C=CCn1c(=O)/c(=C/c2ccc(C)s2)s/c1=C(/C#N)C(=O)NCCN1CCOCC1. The van der Waals surface area contributed by atoms with Crippen molar-refractivity contribution >= 4 is 40.2 Å². The number of ether oxygens (including phenoxy) is 1. The number of nitrogens with zero attached hydrogens (tertiary/aromatic N) is 3. The second-order valence-electron chi connectivity index (χ2n) is 6.77. The van der Waals surface area contributed by atoms with E-state index in [4.69, 9.17) is 4.74 Å². The number of nitrogens with one attached hydrogen (secondary N) is 1. The van der Waals surface area contributed by atoms with Gasteiger partial charge < -0.3 is 10.1 Å². The Bertz CT molecular complexity index is 1130. The van der Waals surface area contributed by atoms with E-state index in [9.17, 15) is 14.9 Å². The Morgan fingerprint density at radius 1 is 1.37 bits per heavy atom. The number of thiophene rings is 1. The Morgan fingerprint density at radius 2 is 2.13 bits per heavy atom. The van der Waals surface area contributed by atoms with Crippen LogP contribution in [-0.2, 0) is 16.1 Å². The molecule has 3 heterocycles. The van der Waals surface area contributed by atoms with Crippen LogP contribution in [0.2, 0.25) is 0 Å². The Kier molecular flexibility index (Phi) is 7.76. The Morgan fingerprint density at radius 3 is 2.77 bits per heavy atom. The van der Waals surface area contributed by atoms with Crippen molar-refractivity contribution in [2.24, 2.45) is 0 Å². The maximum Gasteiger partial charge on any atom is 0.269 e. The minimum Gasteiger partial charge on any atom is -0.379 e. The van der Waals surface area contributed by atoms with Crippen LogP contribution in [-0.4, -0.2) is 54.8 Å². The van der Waals surface area contributed by atoms with Crippen LogP contribution in [0.25, 0.3) is 11.6 Å². The number of hydrogen-bond donors (Lipinski definition) is 1. The molecule has 0 saturated carbocycles. The van der Waals surface area contributed by atoms with Gasteiger partial charge in [-0.15, -0.1) is 29.3 Å². The van der Waals surface area contributed by atoms with Crippen molar-refractivity contribution in [2.45, 2.75) is 13.5 Å². The molecule has 0 aromatic carbocycles. The van der Waals surface area contributed by atoms with Gasteiger partial charge in [0.1, 0.15) is 10.7 Å². The van der Waals surface area contributed by atoms with Gasteiger partial charge in [0, 0.05) is 42.5 Å². The van der Waals surface area contributed by atoms with Gasteiger partial charge in [0.05, 0.1) is 17.7 Å². The molecule has 30 heavy (non-hydrogen) atoms. The Labute approximate surface area is 182 Å². The lowest BCUT2D eigenvalue weighted by atomic mass is 10.3. The van der Waals surface area contributed by atoms with E-state index < -0.39 is 5.91 Å². The Hall–Kier alpha value is -2.51. The van der Waals surface area contributed by atoms with Crippen molar-refractivity contribution in [2.75, 3.05) is 39.4 Å². The van der Waals surface area contributed by atoms with E-state index in [1.165, 1.54) is 4.57 Å². The molecule has 0 atom stereocenters. The number of allylic oxidation sites excluding steroid dienone is 1. The first-order chi connectivity index (χ1) is 14.5. The van der Waals surface area contributed by atoms with E-state index in [0.717, 1.165) is 34.2 Å². The average Bonchev–Trinajstić information content (AvgIpc) is 3.28. The molecular formula is C21H24N4O3S2. The fraction of sp³-hybridized carbons (Fsp3) is 0.381. The maximum absolute atomic E-state index is 12.9. The first-order valence-corrected chi connectivity index (χ1v) is 11.3. The third-order valence-corrected chi connectivity index (χ3v) is 6.70. The molecule has 3 rings (SSSR count). The number of hydrogen-bond acceptors (Lipinski definition) is 7. The second-order valence-corrected chi connectivity index (χ2v) is 9.12. The molecule has 1 amide bonds. The molecule has 0 aliphatic carbocycles. The summed E-state index contributed by atoms with van der Waals surface area (Å²) in [6.07, 6.45) is 3.39. The van der Waals surface area contributed by atoms with Crippen molar-refractivity contribution < 1.29 is 9.53 Å². The molecule has 0 radical (unpaired) electrons.